The summed E-state index contributed by atoms with van der Waals surface area (Å²) >= 11 is 3.33. The van der Waals surface area contributed by atoms with E-state index >= 15 is 0 Å². The van der Waals surface area contributed by atoms with Crippen molar-refractivity contribution in [2.24, 2.45) is 0 Å². The molecule has 162 valence electrons. The van der Waals surface area contributed by atoms with Gasteiger partial charge in [0.05, 0.1) is 6.04 Å². The van der Waals surface area contributed by atoms with Crippen LogP contribution < -0.4 is 10.6 Å². The molecule has 1 unspecified atom stereocenters. The SMILES string of the molecule is CN[C@@H](C)C(O)N[C@@H](I)C(=O)N1CCC[C@H]1c1nc(C(=O)c2ccc(F)cc2)cs1. The summed E-state index contributed by atoms with van der Waals surface area (Å²) in [5.41, 5.74) is 0.667. The lowest BCUT2D eigenvalue weighted by atomic mass is 10.1. The number of hydrogen-bond donors (Lipinski definition) is 3. The Labute approximate surface area is 192 Å². The zero-order chi connectivity index (χ0) is 21.8. The summed E-state index contributed by atoms with van der Waals surface area (Å²) in [4.78, 5) is 31.8. The third kappa shape index (κ3) is 5.22. The molecule has 10 heteroatoms. The molecular formula is C20H24FIN4O3S. The topological polar surface area (TPSA) is 94.6 Å². The zero-order valence-electron chi connectivity index (χ0n) is 16.6. The highest BCUT2D eigenvalue weighted by Crippen LogP contribution is 2.35. The molecule has 7 nitrogen and oxygen atoms in total. The van der Waals surface area contributed by atoms with Gasteiger partial charge < -0.3 is 15.3 Å². The molecule has 2 heterocycles. The molecule has 0 bridgehead atoms. The summed E-state index contributed by atoms with van der Waals surface area (Å²) in [6.45, 7) is 2.42. The van der Waals surface area contributed by atoms with Crippen LogP contribution in [-0.2, 0) is 4.79 Å². The van der Waals surface area contributed by atoms with Gasteiger partial charge in [-0.05, 0) is 51.1 Å². The van der Waals surface area contributed by atoms with Gasteiger partial charge in [-0.25, -0.2) is 9.37 Å². The number of hydrogen-bond acceptors (Lipinski definition) is 7. The van der Waals surface area contributed by atoms with Crippen LogP contribution in [0.2, 0.25) is 0 Å². The molecule has 0 spiro atoms. The summed E-state index contributed by atoms with van der Waals surface area (Å²) in [6, 6.07) is 4.96. The number of amides is 1. The Kier molecular flexibility index (Phi) is 7.91. The van der Waals surface area contributed by atoms with Crippen molar-refractivity contribution in [1.82, 2.24) is 20.5 Å². The number of nitrogens with one attached hydrogen (secondary N) is 2. The number of benzene rings is 1. The van der Waals surface area contributed by atoms with Gasteiger partial charge in [0.25, 0.3) is 5.91 Å². The Bertz CT molecular complexity index is 894. The van der Waals surface area contributed by atoms with Crippen molar-refractivity contribution in [3.63, 3.8) is 0 Å². The number of halogens is 2. The van der Waals surface area contributed by atoms with Crippen molar-refractivity contribution < 1.29 is 19.1 Å². The van der Waals surface area contributed by atoms with Crippen molar-refractivity contribution in [1.29, 1.82) is 0 Å². The second-order valence-electron chi connectivity index (χ2n) is 7.15. The van der Waals surface area contributed by atoms with Crippen LogP contribution >= 0.6 is 33.9 Å². The van der Waals surface area contributed by atoms with Gasteiger partial charge in [-0.1, -0.05) is 22.6 Å². The van der Waals surface area contributed by atoms with E-state index in [0.29, 0.717) is 22.8 Å². The number of ketones is 1. The molecule has 1 aliphatic heterocycles. The Morgan fingerprint density at radius 3 is 2.73 bits per heavy atom. The first-order valence-corrected chi connectivity index (χ1v) is 11.8. The normalized spacial score (nSPS) is 19.5. The number of thiazole rings is 1. The lowest BCUT2D eigenvalue weighted by molar-refractivity contribution is -0.132. The minimum atomic E-state index is -0.860. The van der Waals surface area contributed by atoms with E-state index in [2.05, 4.69) is 15.6 Å². The summed E-state index contributed by atoms with van der Waals surface area (Å²) in [5, 5.41) is 18.4. The number of carbonyl (C=O) groups excluding carboxylic acids is 2. The highest BCUT2D eigenvalue weighted by molar-refractivity contribution is 14.1. The van der Waals surface area contributed by atoms with E-state index in [9.17, 15) is 19.1 Å². The van der Waals surface area contributed by atoms with E-state index in [0.717, 1.165) is 12.8 Å². The van der Waals surface area contributed by atoms with Crippen LogP contribution in [0, 0.1) is 5.82 Å². The van der Waals surface area contributed by atoms with Gasteiger partial charge in [0.15, 0.2) is 0 Å². The van der Waals surface area contributed by atoms with Gasteiger partial charge in [-0.2, -0.15) is 0 Å². The van der Waals surface area contributed by atoms with Gasteiger partial charge in [0, 0.05) is 23.5 Å². The Balaban J connectivity index is 1.70. The van der Waals surface area contributed by atoms with Gasteiger partial charge in [0.1, 0.15) is 26.8 Å². The van der Waals surface area contributed by atoms with Crippen molar-refractivity contribution in [2.45, 2.75) is 42.1 Å². The van der Waals surface area contributed by atoms with E-state index in [1.165, 1.54) is 35.6 Å². The zero-order valence-corrected chi connectivity index (χ0v) is 19.6. The number of likely N-dealkylation sites (N-methyl/N-ethyl adjacent to an activating group) is 1. The number of alkyl halides is 1. The molecule has 30 heavy (non-hydrogen) atoms. The summed E-state index contributed by atoms with van der Waals surface area (Å²) in [6.07, 6.45) is 0.750. The monoisotopic (exact) mass is 546 g/mol. The predicted molar refractivity (Wildman–Crippen MR) is 121 cm³/mol. The standard InChI is InChI=1S/C20H24FIN4O3S/c1-11(23-2)18(28)25-17(22)20(29)26-9-3-4-15(26)19-24-14(10-30-19)16(27)12-5-7-13(21)8-6-12/h5-8,10-11,15,17-18,23,25,28H,3-4,9H2,1-2H3/t11-,15-,17+,18?/m0/s1. The second-order valence-corrected chi connectivity index (χ2v) is 9.28. The van der Waals surface area contributed by atoms with Gasteiger partial charge in [-0.3, -0.25) is 14.9 Å². The fourth-order valence-electron chi connectivity index (χ4n) is 3.25. The van der Waals surface area contributed by atoms with Crippen LogP contribution in [0.3, 0.4) is 0 Å². The van der Waals surface area contributed by atoms with Crippen molar-refractivity contribution in [3.05, 3.63) is 51.7 Å². The van der Waals surface area contributed by atoms with Gasteiger partial charge in [-0.15, -0.1) is 11.3 Å². The Morgan fingerprint density at radius 2 is 2.07 bits per heavy atom. The van der Waals surface area contributed by atoms with Gasteiger partial charge >= 0.3 is 0 Å². The number of rotatable bonds is 8. The molecule has 1 aliphatic rings. The first-order valence-electron chi connectivity index (χ1n) is 9.63. The molecule has 4 atom stereocenters. The van der Waals surface area contributed by atoms with Crippen molar-refractivity contribution >= 4 is 45.6 Å². The molecule has 0 radical (unpaired) electrons. The molecule has 0 aliphatic carbocycles. The smallest absolute Gasteiger partial charge is 0.250 e. The first-order chi connectivity index (χ1) is 14.3. The molecule has 1 aromatic heterocycles. The highest BCUT2D eigenvalue weighted by Gasteiger charge is 2.36. The largest absolute Gasteiger partial charge is 0.377 e. The van der Waals surface area contributed by atoms with Crippen molar-refractivity contribution in [3.8, 4) is 0 Å². The molecule has 2 aromatic rings. The number of carbonyl (C=O) groups is 2. The average Bonchev–Trinajstić information content (AvgIpc) is 3.41. The molecule has 1 fully saturated rings. The van der Waals surface area contributed by atoms with Crippen LogP contribution in [0.4, 0.5) is 4.39 Å². The third-order valence-corrected chi connectivity index (χ3v) is 6.98. The highest BCUT2D eigenvalue weighted by atomic mass is 127. The third-order valence-electron chi connectivity index (χ3n) is 5.14. The maximum Gasteiger partial charge on any atom is 0.250 e. The van der Waals surface area contributed by atoms with E-state index < -0.39 is 16.1 Å². The molecule has 1 amide bonds. The summed E-state index contributed by atoms with van der Waals surface area (Å²) < 4.78 is 12.5. The maximum absolute atomic E-state index is 13.1. The average molecular weight is 546 g/mol. The minimum Gasteiger partial charge on any atom is -0.377 e. The number of aromatic nitrogens is 1. The lowest BCUT2D eigenvalue weighted by Crippen LogP contribution is -2.52. The van der Waals surface area contributed by atoms with E-state index in [1.807, 2.05) is 29.5 Å². The fourth-order valence-corrected chi connectivity index (χ4v) is 4.92. The molecule has 3 rings (SSSR count). The summed E-state index contributed by atoms with van der Waals surface area (Å²) in [7, 11) is 1.74. The number of aliphatic hydroxyl groups excluding tert-OH is 1. The molecule has 3 N–H and O–H groups in total. The van der Waals surface area contributed by atoms with E-state index in [1.54, 1.807) is 17.3 Å². The molecular weight excluding hydrogens is 522 g/mol. The Morgan fingerprint density at radius 1 is 1.37 bits per heavy atom. The lowest BCUT2D eigenvalue weighted by Gasteiger charge is -2.28. The van der Waals surface area contributed by atoms with E-state index in [4.69, 9.17) is 0 Å². The van der Waals surface area contributed by atoms with Crippen molar-refractivity contribution in [2.75, 3.05) is 13.6 Å². The summed E-state index contributed by atoms with van der Waals surface area (Å²) in [5.74, 6) is -0.796. The maximum atomic E-state index is 13.1. The van der Waals surface area contributed by atoms with Gasteiger partial charge in [0.2, 0.25) is 5.78 Å². The molecule has 1 saturated heterocycles. The van der Waals surface area contributed by atoms with Crippen LogP contribution in [0.5, 0.6) is 0 Å². The number of aliphatic hydroxyl groups is 1. The molecule has 0 saturated carbocycles. The van der Waals surface area contributed by atoms with Crippen LogP contribution in [-0.4, -0.2) is 56.6 Å². The Hall–Kier alpha value is -1.47. The predicted octanol–water partition coefficient (Wildman–Crippen LogP) is 2.45. The second kappa shape index (κ2) is 10.2. The number of likely N-dealkylation sites (tertiary alicyclic amines) is 1. The quantitative estimate of drug-likeness (QED) is 0.155. The molecule has 1 aromatic carbocycles. The van der Waals surface area contributed by atoms with Crippen LogP contribution in [0.15, 0.2) is 29.6 Å². The minimum absolute atomic E-state index is 0.123. The number of nitrogens with zero attached hydrogens (tertiary/aromatic N) is 2. The van der Waals surface area contributed by atoms with E-state index in [-0.39, 0.29) is 23.8 Å². The first kappa shape index (κ1) is 23.2. The fraction of sp³-hybridized carbons (Fsp3) is 0.450. The van der Waals surface area contributed by atoms with Crippen LogP contribution in [0.1, 0.15) is 46.9 Å². The van der Waals surface area contributed by atoms with Crippen LogP contribution in [0.25, 0.3) is 0 Å².